The summed E-state index contributed by atoms with van der Waals surface area (Å²) in [5, 5.41) is 4.97. The molecule has 8 heteroatoms. The molecule has 2 heterocycles. The van der Waals surface area contributed by atoms with Crippen LogP contribution in [0.3, 0.4) is 0 Å². The Morgan fingerprint density at radius 2 is 1.66 bits per heavy atom. The third-order valence-corrected chi connectivity index (χ3v) is 4.48. The smallest absolute Gasteiger partial charge is 0.328 e. The average Bonchev–Trinajstić information content (AvgIpc) is 3.04. The number of rotatable bonds is 5. The monoisotopic (exact) mass is 393 g/mol. The number of fused-ring (bicyclic) bond motifs is 1. The van der Waals surface area contributed by atoms with Crippen molar-refractivity contribution in [3.8, 4) is 5.75 Å². The number of benzene rings is 2. The van der Waals surface area contributed by atoms with Crippen molar-refractivity contribution < 1.29 is 23.5 Å². The summed E-state index contributed by atoms with van der Waals surface area (Å²) in [4.78, 5) is 35.2. The third-order valence-electron chi connectivity index (χ3n) is 4.48. The predicted octanol–water partition coefficient (Wildman–Crippen LogP) is 2.61. The number of hydrogen-bond donors (Lipinski definition) is 2. The van der Waals surface area contributed by atoms with Gasteiger partial charge in [0, 0.05) is 22.7 Å². The molecule has 1 aliphatic rings. The van der Waals surface area contributed by atoms with Crippen LogP contribution >= 0.6 is 0 Å². The molecule has 1 aromatic heterocycles. The van der Waals surface area contributed by atoms with E-state index in [1.54, 1.807) is 12.1 Å². The molecule has 2 N–H and O–H groups in total. The first-order valence-corrected chi connectivity index (χ1v) is 8.86. The molecule has 0 unspecified atom stereocenters. The molecule has 0 spiro atoms. The topological polar surface area (TPSA) is 89.4 Å². The molecular weight excluding hydrogens is 377 g/mol. The van der Waals surface area contributed by atoms with Gasteiger partial charge in [-0.2, -0.15) is 0 Å². The fourth-order valence-electron chi connectivity index (χ4n) is 3.13. The minimum Gasteiger partial charge on any atom is -0.492 e. The second-order valence-corrected chi connectivity index (χ2v) is 6.39. The van der Waals surface area contributed by atoms with Gasteiger partial charge < -0.3 is 9.30 Å². The Morgan fingerprint density at radius 1 is 0.966 bits per heavy atom. The summed E-state index contributed by atoms with van der Waals surface area (Å²) in [6, 6.07) is 12.5. The number of amides is 4. The summed E-state index contributed by atoms with van der Waals surface area (Å²) in [6.07, 6.45) is 3.26. The molecule has 0 saturated carbocycles. The molecule has 1 saturated heterocycles. The summed E-state index contributed by atoms with van der Waals surface area (Å²) < 4.78 is 20.6. The van der Waals surface area contributed by atoms with Gasteiger partial charge in [-0.05, 0) is 36.4 Å². The Balaban J connectivity index is 1.59. The molecule has 4 amide bonds. The quantitative estimate of drug-likeness (QED) is 0.515. The van der Waals surface area contributed by atoms with Crippen LogP contribution in [0.5, 0.6) is 5.75 Å². The van der Waals surface area contributed by atoms with Crippen molar-refractivity contribution in [2.75, 3.05) is 6.61 Å². The van der Waals surface area contributed by atoms with E-state index in [0.717, 1.165) is 10.9 Å². The maximum Gasteiger partial charge on any atom is 0.328 e. The molecule has 4 rings (SSSR count). The Kier molecular flexibility index (Phi) is 4.82. The van der Waals surface area contributed by atoms with Gasteiger partial charge in [-0.15, -0.1) is 0 Å². The first-order chi connectivity index (χ1) is 14.0. The predicted molar refractivity (Wildman–Crippen MR) is 103 cm³/mol. The molecule has 146 valence electrons. The van der Waals surface area contributed by atoms with E-state index in [-0.39, 0.29) is 11.4 Å². The Labute approximate surface area is 164 Å². The zero-order chi connectivity index (χ0) is 20.4. The molecule has 0 bridgehead atoms. The van der Waals surface area contributed by atoms with Crippen molar-refractivity contribution in [3.05, 3.63) is 71.7 Å². The van der Waals surface area contributed by atoms with Crippen LogP contribution in [0, 0.1) is 5.82 Å². The van der Waals surface area contributed by atoms with Crippen LogP contribution in [0.4, 0.5) is 9.18 Å². The minimum atomic E-state index is -0.836. The first kappa shape index (κ1) is 18.4. The average molecular weight is 393 g/mol. The number of barbiturate groups is 1. The second kappa shape index (κ2) is 7.59. The number of carbonyl (C=O) groups is 3. The molecular formula is C21H16FN3O4. The van der Waals surface area contributed by atoms with Crippen LogP contribution in [0.2, 0.25) is 0 Å². The summed E-state index contributed by atoms with van der Waals surface area (Å²) in [5.74, 6) is -1.25. The largest absolute Gasteiger partial charge is 0.492 e. The number of nitrogens with one attached hydrogen (secondary N) is 2. The van der Waals surface area contributed by atoms with Gasteiger partial charge in [-0.1, -0.05) is 18.2 Å². The van der Waals surface area contributed by atoms with Crippen molar-refractivity contribution in [2.45, 2.75) is 6.54 Å². The zero-order valence-electron chi connectivity index (χ0n) is 15.1. The van der Waals surface area contributed by atoms with Gasteiger partial charge in [-0.25, -0.2) is 9.18 Å². The van der Waals surface area contributed by atoms with Crippen molar-refractivity contribution in [1.29, 1.82) is 0 Å². The zero-order valence-corrected chi connectivity index (χ0v) is 15.1. The minimum absolute atomic E-state index is 0.143. The van der Waals surface area contributed by atoms with E-state index in [0.29, 0.717) is 24.5 Å². The molecule has 3 aromatic rings. The molecule has 29 heavy (non-hydrogen) atoms. The van der Waals surface area contributed by atoms with Gasteiger partial charge >= 0.3 is 6.03 Å². The van der Waals surface area contributed by atoms with Crippen molar-refractivity contribution in [1.82, 2.24) is 15.2 Å². The maximum atomic E-state index is 13.0. The van der Waals surface area contributed by atoms with Gasteiger partial charge in [-0.3, -0.25) is 20.2 Å². The lowest BCUT2D eigenvalue weighted by molar-refractivity contribution is -0.123. The van der Waals surface area contributed by atoms with E-state index in [1.165, 1.54) is 18.2 Å². The van der Waals surface area contributed by atoms with Gasteiger partial charge in [0.15, 0.2) is 0 Å². The van der Waals surface area contributed by atoms with Gasteiger partial charge in [0.2, 0.25) is 0 Å². The lowest BCUT2D eigenvalue weighted by Gasteiger charge is -2.13. The van der Waals surface area contributed by atoms with E-state index >= 15 is 0 Å². The lowest BCUT2D eigenvalue weighted by Crippen LogP contribution is -2.51. The molecule has 1 fully saturated rings. The van der Waals surface area contributed by atoms with E-state index in [1.807, 2.05) is 35.0 Å². The molecule has 7 nitrogen and oxygen atoms in total. The van der Waals surface area contributed by atoms with E-state index < -0.39 is 17.8 Å². The van der Waals surface area contributed by atoms with Crippen LogP contribution in [-0.2, 0) is 16.1 Å². The van der Waals surface area contributed by atoms with Crippen LogP contribution < -0.4 is 15.4 Å². The van der Waals surface area contributed by atoms with Crippen LogP contribution in [0.1, 0.15) is 5.56 Å². The number of imide groups is 2. The van der Waals surface area contributed by atoms with E-state index in [4.69, 9.17) is 4.74 Å². The normalized spacial score (nSPS) is 14.0. The van der Waals surface area contributed by atoms with Crippen molar-refractivity contribution >= 4 is 34.8 Å². The number of ether oxygens (including phenoxy) is 1. The molecule has 0 radical (unpaired) electrons. The maximum absolute atomic E-state index is 13.0. The standard InChI is InChI=1S/C21H16FN3O4/c22-14-5-7-15(8-6-14)29-10-9-25-12-13(16-3-1-2-4-18(16)25)11-17-19(26)23-21(28)24-20(17)27/h1-8,11-12H,9-10H2,(H2,23,24,26,27,28). The molecule has 0 aliphatic carbocycles. The fourth-order valence-corrected chi connectivity index (χ4v) is 3.13. The third kappa shape index (κ3) is 3.86. The highest BCUT2D eigenvalue weighted by molar-refractivity contribution is 6.31. The number of carbonyl (C=O) groups excluding carboxylic acids is 3. The first-order valence-electron chi connectivity index (χ1n) is 8.86. The summed E-state index contributed by atoms with van der Waals surface area (Å²) in [7, 11) is 0. The number of halogens is 1. The number of aromatic nitrogens is 1. The fraction of sp³-hybridized carbons (Fsp3) is 0.0952. The van der Waals surface area contributed by atoms with Gasteiger partial charge in [0.1, 0.15) is 23.7 Å². The van der Waals surface area contributed by atoms with Crippen molar-refractivity contribution in [3.63, 3.8) is 0 Å². The Bertz CT molecular complexity index is 1130. The highest BCUT2D eigenvalue weighted by Gasteiger charge is 2.28. The van der Waals surface area contributed by atoms with Crippen LogP contribution in [0.25, 0.3) is 17.0 Å². The summed E-state index contributed by atoms with van der Waals surface area (Å²) in [5.41, 5.74) is 1.42. The number of nitrogens with zero attached hydrogens (tertiary/aromatic N) is 1. The molecule has 0 atom stereocenters. The number of urea groups is 1. The Morgan fingerprint density at radius 3 is 2.38 bits per heavy atom. The van der Waals surface area contributed by atoms with E-state index in [9.17, 15) is 18.8 Å². The number of para-hydroxylation sites is 1. The van der Waals surface area contributed by atoms with Crippen LogP contribution in [0.15, 0.2) is 60.3 Å². The van der Waals surface area contributed by atoms with Gasteiger partial charge in [0.05, 0.1) is 6.54 Å². The number of hydrogen-bond acceptors (Lipinski definition) is 4. The highest BCUT2D eigenvalue weighted by Crippen LogP contribution is 2.24. The molecule has 2 aromatic carbocycles. The second-order valence-electron chi connectivity index (χ2n) is 6.39. The SMILES string of the molecule is O=C1NC(=O)C(=Cc2cn(CCOc3ccc(F)cc3)c3ccccc23)C(=O)N1. The summed E-state index contributed by atoms with van der Waals surface area (Å²) in [6.45, 7) is 0.841. The lowest BCUT2D eigenvalue weighted by atomic mass is 10.1. The highest BCUT2D eigenvalue weighted by atomic mass is 19.1. The van der Waals surface area contributed by atoms with Gasteiger partial charge in [0.25, 0.3) is 11.8 Å². The summed E-state index contributed by atoms with van der Waals surface area (Å²) >= 11 is 0. The van der Waals surface area contributed by atoms with E-state index in [2.05, 4.69) is 10.6 Å². The Hall–Kier alpha value is -3.94. The molecule has 1 aliphatic heterocycles. The van der Waals surface area contributed by atoms with Crippen molar-refractivity contribution in [2.24, 2.45) is 0 Å². The van der Waals surface area contributed by atoms with Crippen LogP contribution in [-0.4, -0.2) is 29.0 Å².